The standard InChI is InChI=1S/C22H21N5O6/c1-22(14-4-8-17(9-5-14)27(32)33)20(30)26(21(31)24-22)13-18(28)23-15-6-10-16(11-7-15)25-12-2-3-19(25)29/h4-11H,2-3,12-13H2,1H3,(H,23,28)(H,24,31). The molecule has 2 aliphatic heterocycles. The molecule has 0 spiro atoms. The first-order chi connectivity index (χ1) is 15.7. The first-order valence-corrected chi connectivity index (χ1v) is 10.3. The summed E-state index contributed by atoms with van der Waals surface area (Å²) < 4.78 is 0. The summed E-state index contributed by atoms with van der Waals surface area (Å²) in [5.74, 6) is -1.16. The van der Waals surface area contributed by atoms with E-state index in [-0.39, 0.29) is 11.6 Å². The maximum absolute atomic E-state index is 13.0. The smallest absolute Gasteiger partial charge is 0.325 e. The molecule has 2 aromatic carbocycles. The zero-order chi connectivity index (χ0) is 23.8. The number of amides is 5. The van der Waals surface area contributed by atoms with Gasteiger partial charge in [-0.1, -0.05) is 0 Å². The Balaban J connectivity index is 1.41. The number of nitro groups is 1. The Morgan fingerprint density at radius 1 is 1.12 bits per heavy atom. The number of benzene rings is 2. The van der Waals surface area contributed by atoms with E-state index in [0.29, 0.717) is 24.2 Å². The second-order valence-corrected chi connectivity index (χ2v) is 7.99. The molecule has 0 radical (unpaired) electrons. The summed E-state index contributed by atoms with van der Waals surface area (Å²) >= 11 is 0. The number of hydrogen-bond donors (Lipinski definition) is 2. The number of non-ortho nitro benzene ring substituents is 1. The van der Waals surface area contributed by atoms with Gasteiger partial charge in [-0.3, -0.25) is 29.4 Å². The van der Waals surface area contributed by atoms with Gasteiger partial charge in [0.1, 0.15) is 12.1 Å². The highest BCUT2D eigenvalue weighted by Gasteiger charge is 2.49. The number of anilines is 2. The number of nitrogens with zero attached hydrogens (tertiary/aromatic N) is 3. The van der Waals surface area contributed by atoms with E-state index in [9.17, 15) is 29.3 Å². The number of imide groups is 1. The summed E-state index contributed by atoms with van der Waals surface area (Å²) in [7, 11) is 0. The highest BCUT2D eigenvalue weighted by Crippen LogP contribution is 2.30. The van der Waals surface area contributed by atoms with Gasteiger partial charge in [0.05, 0.1) is 4.92 Å². The Labute approximate surface area is 188 Å². The van der Waals surface area contributed by atoms with Crippen molar-refractivity contribution in [1.29, 1.82) is 0 Å². The van der Waals surface area contributed by atoms with Crippen molar-refractivity contribution in [3.8, 4) is 0 Å². The molecule has 0 saturated carbocycles. The predicted molar refractivity (Wildman–Crippen MR) is 117 cm³/mol. The molecule has 2 aromatic rings. The molecule has 2 aliphatic rings. The summed E-state index contributed by atoms with van der Waals surface area (Å²) in [6.45, 7) is 1.63. The molecule has 170 valence electrons. The predicted octanol–water partition coefficient (Wildman–Crippen LogP) is 2.13. The first-order valence-electron chi connectivity index (χ1n) is 10.3. The number of nitro benzene ring substituents is 1. The highest BCUT2D eigenvalue weighted by molar-refractivity contribution is 6.10. The molecule has 0 bridgehead atoms. The van der Waals surface area contributed by atoms with Gasteiger partial charge in [-0.25, -0.2) is 4.79 Å². The van der Waals surface area contributed by atoms with Crippen LogP contribution in [0.25, 0.3) is 0 Å². The van der Waals surface area contributed by atoms with E-state index in [1.165, 1.54) is 31.2 Å². The largest absolute Gasteiger partial charge is 0.325 e. The summed E-state index contributed by atoms with van der Waals surface area (Å²) in [5.41, 5.74) is -0.0305. The quantitative estimate of drug-likeness (QED) is 0.391. The lowest BCUT2D eigenvalue weighted by Gasteiger charge is -2.22. The number of carbonyl (C=O) groups is 4. The van der Waals surface area contributed by atoms with Gasteiger partial charge < -0.3 is 15.5 Å². The lowest BCUT2D eigenvalue weighted by molar-refractivity contribution is -0.384. The van der Waals surface area contributed by atoms with Gasteiger partial charge in [-0.05, 0) is 55.3 Å². The van der Waals surface area contributed by atoms with Crippen LogP contribution in [-0.4, -0.2) is 46.7 Å². The van der Waals surface area contributed by atoms with Gasteiger partial charge in [-0.15, -0.1) is 0 Å². The maximum atomic E-state index is 13.0. The summed E-state index contributed by atoms with van der Waals surface area (Å²) in [6, 6.07) is 11.3. The van der Waals surface area contributed by atoms with Gasteiger partial charge in [0.15, 0.2) is 0 Å². The average molecular weight is 451 g/mol. The van der Waals surface area contributed by atoms with E-state index in [1.54, 1.807) is 29.2 Å². The van der Waals surface area contributed by atoms with Crippen LogP contribution >= 0.6 is 0 Å². The van der Waals surface area contributed by atoms with Crippen LogP contribution in [0.2, 0.25) is 0 Å². The van der Waals surface area contributed by atoms with E-state index in [1.807, 2.05) is 0 Å². The van der Waals surface area contributed by atoms with Crippen molar-refractivity contribution in [2.24, 2.45) is 0 Å². The first kappa shape index (κ1) is 21.9. The topological polar surface area (TPSA) is 142 Å². The molecule has 2 heterocycles. The van der Waals surface area contributed by atoms with E-state index in [0.717, 1.165) is 17.0 Å². The fraction of sp³-hybridized carbons (Fsp3) is 0.273. The van der Waals surface area contributed by atoms with Crippen molar-refractivity contribution in [3.63, 3.8) is 0 Å². The van der Waals surface area contributed by atoms with Crippen molar-refractivity contribution < 1.29 is 24.1 Å². The lowest BCUT2D eigenvalue weighted by Crippen LogP contribution is -2.42. The summed E-state index contributed by atoms with van der Waals surface area (Å²) in [4.78, 5) is 62.5. The molecule has 1 unspecified atom stereocenters. The molecule has 4 rings (SSSR count). The second-order valence-electron chi connectivity index (χ2n) is 7.99. The van der Waals surface area contributed by atoms with Crippen LogP contribution in [-0.2, 0) is 19.9 Å². The molecule has 1 atom stereocenters. The molecular weight excluding hydrogens is 430 g/mol. The SMILES string of the molecule is CC1(c2ccc([N+](=O)[O-])cc2)NC(=O)N(CC(=O)Nc2ccc(N3CCCC3=O)cc2)C1=O. The van der Waals surface area contributed by atoms with E-state index < -0.39 is 34.9 Å². The minimum atomic E-state index is -1.45. The third-order valence-electron chi connectivity index (χ3n) is 5.77. The van der Waals surface area contributed by atoms with Crippen molar-refractivity contribution in [2.75, 3.05) is 23.3 Å². The fourth-order valence-electron chi connectivity index (χ4n) is 3.94. The van der Waals surface area contributed by atoms with Crippen LogP contribution in [0, 0.1) is 10.1 Å². The molecule has 11 heteroatoms. The number of nitrogens with one attached hydrogen (secondary N) is 2. The van der Waals surface area contributed by atoms with E-state index >= 15 is 0 Å². The number of carbonyl (C=O) groups excluding carboxylic acids is 4. The molecule has 2 N–H and O–H groups in total. The van der Waals surface area contributed by atoms with Crippen LogP contribution in [0.5, 0.6) is 0 Å². The van der Waals surface area contributed by atoms with Crippen LogP contribution in [0.4, 0.5) is 21.9 Å². The van der Waals surface area contributed by atoms with E-state index in [2.05, 4.69) is 10.6 Å². The normalized spacial score (nSPS) is 20.2. The molecule has 0 aliphatic carbocycles. The summed E-state index contributed by atoms with van der Waals surface area (Å²) in [6.07, 6.45) is 1.32. The third kappa shape index (κ3) is 4.12. The van der Waals surface area contributed by atoms with E-state index in [4.69, 9.17) is 0 Å². The second kappa shape index (κ2) is 8.34. The van der Waals surface area contributed by atoms with Gasteiger partial charge in [0, 0.05) is 36.5 Å². The van der Waals surface area contributed by atoms with Crippen molar-refractivity contribution in [2.45, 2.75) is 25.3 Å². The molecule has 2 saturated heterocycles. The monoisotopic (exact) mass is 451 g/mol. The average Bonchev–Trinajstić information content (AvgIpc) is 3.31. The minimum Gasteiger partial charge on any atom is -0.325 e. The Hall–Kier alpha value is -4.28. The van der Waals surface area contributed by atoms with Crippen LogP contribution in [0.3, 0.4) is 0 Å². The Bertz CT molecular complexity index is 1150. The third-order valence-corrected chi connectivity index (χ3v) is 5.77. The Morgan fingerprint density at radius 3 is 2.36 bits per heavy atom. The van der Waals surface area contributed by atoms with Crippen LogP contribution < -0.4 is 15.5 Å². The fourth-order valence-corrected chi connectivity index (χ4v) is 3.94. The molecule has 5 amide bonds. The van der Waals surface area contributed by atoms with Crippen LogP contribution in [0.15, 0.2) is 48.5 Å². The zero-order valence-corrected chi connectivity index (χ0v) is 17.7. The van der Waals surface area contributed by atoms with Gasteiger partial charge in [-0.2, -0.15) is 0 Å². The van der Waals surface area contributed by atoms with Crippen molar-refractivity contribution >= 4 is 40.8 Å². The minimum absolute atomic E-state index is 0.0569. The highest BCUT2D eigenvalue weighted by atomic mass is 16.6. The van der Waals surface area contributed by atoms with Crippen LogP contribution in [0.1, 0.15) is 25.3 Å². The van der Waals surface area contributed by atoms with Gasteiger partial charge >= 0.3 is 6.03 Å². The molecular formula is C22H21N5O6. The zero-order valence-electron chi connectivity index (χ0n) is 17.7. The number of urea groups is 1. The molecule has 0 aromatic heterocycles. The van der Waals surface area contributed by atoms with Gasteiger partial charge in [0.25, 0.3) is 11.6 Å². The Kier molecular flexibility index (Phi) is 5.54. The molecule has 2 fully saturated rings. The lowest BCUT2D eigenvalue weighted by atomic mass is 9.92. The number of hydrogen-bond acceptors (Lipinski definition) is 6. The Morgan fingerprint density at radius 2 is 1.79 bits per heavy atom. The molecule has 33 heavy (non-hydrogen) atoms. The van der Waals surface area contributed by atoms with Crippen molar-refractivity contribution in [1.82, 2.24) is 10.2 Å². The van der Waals surface area contributed by atoms with Gasteiger partial charge in [0.2, 0.25) is 11.8 Å². The van der Waals surface area contributed by atoms with Crippen molar-refractivity contribution in [3.05, 3.63) is 64.2 Å². The molecule has 11 nitrogen and oxygen atoms in total. The summed E-state index contributed by atoms with van der Waals surface area (Å²) in [5, 5.41) is 16.0. The number of rotatable bonds is 6. The maximum Gasteiger partial charge on any atom is 0.325 e.